The smallest absolute Gasteiger partial charge is 0.410 e. The molecule has 0 aliphatic carbocycles. The monoisotopic (exact) mass is 259 g/mol. The highest BCUT2D eigenvalue weighted by molar-refractivity contribution is 5.69. The largest absolute Gasteiger partial charge is 0.445 e. The second kappa shape index (κ2) is 5.24. The summed E-state index contributed by atoms with van der Waals surface area (Å²) in [4.78, 5) is 14.3. The molecule has 2 aliphatic heterocycles. The van der Waals surface area contributed by atoms with Crippen LogP contribution >= 0.6 is 0 Å². The summed E-state index contributed by atoms with van der Waals surface area (Å²) in [6, 6.07) is 10.7. The Bertz CT molecular complexity index is 445. The molecular formula is C16H21NO2. The number of nitrogens with zero attached hydrogens (tertiary/aromatic N) is 1. The van der Waals surface area contributed by atoms with Gasteiger partial charge in [-0.15, -0.1) is 0 Å². The van der Waals surface area contributed by atoms with Gasteiger partial charge in [-0.05, 0) is 37.2 Å². The van der Waals surface area contributed by atoms with Crippen molar-refractivity contribution in [2.24, 2.45) is 5.92 Å². The molecule has 2 unspecified atom stereocenters. The highest BCUT2D eigenvalue weighted by atomic mass is 16.6. The van der Waals surface area contributed by atoms with Gasteiger partial charge in [0, 0.05) is 12.1 Å². The lowest BCUT2D eigenvalue weighted by Gasteiger charge is -2.37. The Kier molecular flexibility index (Phi) is 3.45. The van der Waals surface area contributed by atoms with Gasteiger partial charge in [-0.1, -0.05) is 37.3 Å². The van der Waals surface area contributed by atoms with Crippen molar-refractivity contribution in [1.82, 2.24) is 4.90 Å². The molecule has 2 aliphatic rings. The van der Waals surface area contributed by atoms with Crippen molar-refractivity contribution in [1.29, 1.82) is 0 Å². The Balaban J connectivity index is 1.62. The lowest BCUT2D eigenvalue weighted by Crippen LogP contribution is -2.47. The Hall–Kier alpha value is -1.51. The number of benzene rings is 1. The molecule has 2 fully saturated rings. The molecular weight excluding hydrogens is 238 g/mol. The first-order valence-electron chi connectivity index (χ1n) is 7.24. The van der Waals surface area contributed by atoms with Crippen molar-refractivity contribution in [2.45, 2.75) is 51.3 Å². The van der Waals surface area contributed by atoms with Crippen LogP contribution in [0.2, 0.25) is 0 Å². The van der Waals surface area contributed by atoms with Crippen LogP contribution in [0.1, 0.15) is 38.2 Å². The number of carbonyl (C=O) groups excluding carboxylic acids is 1. The van der Waals surface area contributed by atoms with E-state index in [1.165, 1.54) is 6.42 Å². The van der Waals surface area contributed by atoms with Gasteiger partial charge >= 0.3 is 6.09 Å². The molecule has 3 nitrogen and oxygen atoms in total. The average Bonchev–Trinajstić information content (AvgIpc) is 2.78. The van der Waals surface area contributed by atoms with Crippen molar-refractivity contribution in [3.8, 4) is 0 Å². The number of fused-ring (bicyclic) bond motifs is 2. The van der Waals surface area contributed by atoms with Gasteiger partial charge in [-0.3, -0.25) is 0 Å². The van der Waals surface area contributed by atoms with Gasteiger partial charge in [0.2, 0.25) is 0 Å². The molecule has 3 rings (SSSR count). The quantitative estimate of drug-likeness (QED) is 0.812. The average molecular weight is 259 g/mol. The summed E-state index contributed by atoms with van der Waals surface area (Å²) >= 11 is 0. The van der Waals surface area contributed by atoms with Gasteiger partial charge in [-0.2, -0.15) is 0 Å². The zero-order chi connectivity index (χ0) is 13.2. The Morgan fingerprint density at radius 3 is 2.74 bits per heavy atom. The zero-order valence-electron chi connectivity index (χ0n) is 11.4. The van der Waals surface area contributed by atoms with Gasteiger partial charge in [-0.25, -0.2) is 4.79 Å². The van der Waals surface area contributed by atoms with Crippen LogP contribution in [0.4, 0.5) is 4.79 Å². The van der Waals surface area contributed by atoms with Gasteiger partial charge in [0.05, 0.1) is 0 Å². The summed E-state index contributed by atoms with van der Waals surface area (Å²) in [5.74, 6) is 0.614. The highest BCUT2D eigenvalue weighted by Crippen LogP contribution is 2.39. The third-order valence-corrected chi connectivity index (χ3v) is 4.57. The van der Waals surface area contributed by atoms with Crippen molar-refractivity contribution >= 4 is 6.09 Å². The number of carbonyl (C=O) groups is 1. The highest BCUT2D eigenvalue weighted by Gasteiger charge is 2.43. The van der Waals surface area contributed by atoms with Crippen LogP contribution in [0.5, 0.6) is 0 Å². The third kappa shape index (κ3) is 2.46. The van der Waals surface area contributed by atoms with Gasteiger partial charge in [0.25, 0.3) is 0 Å². The number of hydrogen-bond donors (Lipinski definition) is 0. The van der Waals surface area contributed by atoms with E-state index in [0.29, 0.717) is 24.6 Å². The first-order valence-corrected chi connectivity index (χ1v) is 7.24. The van der Waals surface area contributed by atoms with Crippen LogP contribution in [0, 0.1) is 5.92 Å². The van der Waals surface area contributed by atoms with Crippen LogP contribution in [0.3, 0.4) is 0 Å². The molecule has 2 saturated heterocycles. The molecule has 2 heterocycles. The Morgan fingerprint density at radius 1 is 1.21 bits per heavy atom. The van der Waals surface area contributed by atoms with E-state index < -0.39 is 0 Å². The normalized spacial score (nSPS) is 29.3. The fraction of sp³-hybridized carbons (Fsp3) is 0.562. The van der Waals surface area contributed by atoms with Gasteiger partial charge in [0.15, 0.2) is 0 Å². The van der Waals surface area contributed by atoms with Crippen LogP contribution in [0.15, 0.2) is 30.3 Å². The lowest BCUT2D eigenvalue weighted by atomic mass is 9.92. The molecule has 0 spiro atoms. The minimum atomic E-state index is -0.122. The van der Waals surface area contributed by atoms with Crippen LogP contribution < -0.4 is 0 Å². The van der Waals surface area contributed by atoms with Gasteiger partial charge < -0.3 is 9.64 Å². The molecule has 19 heavy (non-hydrogen) atoms. The maximum absolute atomic E-state index is 12.3. The van der Waals surface area contributed by atoms with E-state index in [1.54, 1.807) is 0 Å². The zero-order valence-corrected chi connectivity index (χ0v) is 11.4. The maximum atomic E-state index is 12.3. The topological polar surface area (TPSA) is 29.5 Å². The SMILES string of the molecule is C[C@@H]1CCC2CCC1N2C(=O)OCc1ccccc1. The molecule has 0 radical (unpaired) electrons. The molecule has 2 bridgehead atoms. The number of rotatable bonds is 2. The standard InChI is InChI=1S/C16H21NO2/c1-12-7-8-14-9-10-15(12)17(14)16(18)19-11-13-5-3-2-4-6-13/h2-6,12,14-15H,7-11H2,1H3/t12-,14?,15?/m1/s1. The molecule has 1 amide bonds. The fourth-order valence-electron chi connectivity index (χ4n) is 3.48. The summed E-state index contributed by atoms with van der Waals surface area (Å²) < 4.78 is 5.48. The summed E-state index contributed by atoms with van der Waals surface area (Å²) in [5, 5.41) is 0. The number of piperidine rings is 1. The summed E-state index contributed by atoms with van der Waals surface area (Å²) in [6.45, 7) is 2.63. The van der Waals surface area contributed by atoms with Crippen LogP contribution in [0.25, 0.3) is 0 Å². The second-order valence-electron chi connectivity index (χ2n) is 5.80. The lowest BCUT2D eigenvalue weighted by molar-refractivity contribution is 0.0503. The van der Waals surface area contributed by atoms with E-state index in [1.807, 2.05) is 35.2 Å². The Labute approximate surface area is 114 Å². The Morgan fingerprint density at radius 2 is 1.95 bits per heavy atom. The van der Waals surface area contributed by atoms with E-state index >= 15 is 0 Å². The molecule has 0 aromatic heterocycles. The minimum absolute atomic E-state index is 0.122. The predicted octanol–water partition coefficient (Wildman–Crippen LogP) is 3.59. The maximum Gasteiger partial charge on any atom is 0.410 e. The van der Waals surface area contributed by atoms with Crippen molar-refractivity contribution in [2.75, 3.05) is 0 Å². The molecule has 0 saturated carbocycles. The molecule has 102 valence electrons. The molecule has 0 N–H and O–H groups in total. The molecule has 1 aromatic carbocycles. The van der Waals surface area contributed by atoms with Crippen molar-refractivity contribution < 1.29 is 9.53 Å². The molecule has 3 atom stereocenters. The first kappa shape index (κ1) is 12.5. The second-order valence-corrected chi connectivity index (χ2v) is 5.80. The number of ether oxygens (including phenoxy) is 1. The number of amides is 1. The number of hydrogen-bond acceptors (Lipinski definition) is 2. The summed E-state index contributed by atoms with van der Waals surface area (Å²) in [6.07, 6.45) is 4.56. The fourth-order valence-corrected chi connectivity index (χ4v) is 3.48. The van der Waals surface area contributed by atoms with E-state index in [0.717, 1.165) is 24.8 Å². The van der Waals surface area contributed by atoms with Crippen LogP contribution in [-0.2, 0) is 11.3 Å². The van der Waals surface area contributed by atoms with Crippen molar-refractivity contribution in [3.63, 3.8) is 0 Å². The summed E-state index contributed by atoms with van der Waals surface area (Å²) in [7, 11) is 0. The summed E-state index contributed by atoms with van der Waals surface area (Å²) in [5.41, 5.74) is 1.05. The van der Waals surface area contributed by atoms with Crippen LogP contribution in [-0.4, -0.2) is 23.1 Å². The van der Waals surface area contributed by atoms with E-state index in [-0.39, 0.29) is 6.09 Å². The minimum Gasteiger partial charge on any atom is -0.445 e. The van der Waals surface area contributed by atoms with E-state index in [9.17, 15) is 4.79 Å². The van der Waals surface area contributed by atoms with Gasteiger partial charge in [0.1, 0.15) is 6.61 Å². The predicted molar refractivity (Wildman–Crippen MR) is 73.7 cm³/mol. The molecule has 1 aromatic rings. The first-order chi connectivity index (χ1) is 9.25. The molecule has 3 heteroatoms. The van der Waals surface area contributed by atoms with Crippen molar-refractivity contribution in [3.05, 3.63) is 35.9 Å². The van der Waals surface area contributed by atoms with E-state index in [4.69, 9.17) is 4.74 Å². The van der Waals surface area contributed by atoms with E-state index in [2.05, 4.69) is 6.92 Å². The third-order valence-electron chi connectivity index (χ3n) is 4.57.